The molecule has 1 aromatic rings. The first-order valence-corrected chi connectivity index (χ1v) is 7.17. The summed E-state index contributed by atoms with van der Waals surface area (Å²) in [5, 5.41) is 7.14. The van der Waals surface area contributed by atoms with Crippen LogP contribution in [0.5, 0.6) is 0 Å². The summed E-state index contributed by atoms with van der Waals surface area (Å²) in [6, 6.07) is 0. The van der Waals surface area contributed by atoms with E-state index in [1.165, 1.54) is 0 Å². The third-order valence-corrected chi connectivity index (χ3v) is 4.03. The molecule has 110 valence electrons. The number of likely N-dealkylation sites (tertiary alicyclic amines) is 1. The van der Waals surface area contributed by atoms with Gasteiger partial charge in [-0.05, 0) is 19.4 Å². The largest absolute Gasteiger partial charge is 0.440 e. The molecule has 0 radical (unpaired) electrons. The molecule has 2 saturated heterocycles. The number of carbonyl (C=O) groups is 1. The third-order valence-electron chi connectivity index (χ3n) is 4.03. The van der Waals surface area contributed by atoms with Gasteiger partial charge < -0.3 is 9.64 Å². The molecule has 2 fully saturated rings. The van der Waals surface area contributed by atoms with Crippen molar-refractivity contribution in [1.29, 1.82) is 0 Å². The molecular formula is C13H21N5O2. The average Bonchev–Trinajstić information content (AvgIpc) is 2.95. The Morgan fingerprint density at radius 2 is 2.30 bits per heavy atom. The lowest BCUT2D eigenvalue weighted by Gasteiger charge is -2.37. The first kappa shape index (κ1) is 13.4. The topological polar surface area (TPSA) is 74.4 Å². The zero-order valence-electron chi connectivity index (χ0n) is 12.1. The summed E-state index contributed by atoms with van der Waals surface area (Å²) < 4.78 is 5.60. The van der Waals surface area contributed by atoms with Crippen LogP contribution in [-0.4, -0.2) is 63.4 Å². The summed E-state index contributed by atoms with van der Waals surface area (Å²) in [4.78, 5) is 20.0. The first-order chi connectivity index (χ1) is 9.60. The Balaban J connectivity index is 1.65. The number of aromatic amines is 1. The number of H-pyrrole nitrogens is 1. The lowest BCUT2D eigenvalue weighted by molar-refractivity contribution is -0.0120. The highest BCUT2D eigenvalue weighted by Gasteiger charge is 2.46. The van der Waals surface area contributed by atoms with E-state index in [9.17, 15) is 4.79 Å². The van der Waals surface area contributed by atoms with Gasteiger partial charge in [0.05, 0.1) is 13.1 Å². The van der Waals surface area contributed by atoms with Crippen LogP contribution in [0.3, 0.4) is 0 Å². The highest BCUT2D eigenvalue weighted by Crippen LogP contribution is 2.31. The van der Waals surface area contributed by atoms with Crippen LogP contribution >= 0.6 is 0 Å². The van der Waals surface area contributed by atoms with Crippen molar-refractivity contribution in [1.82, 2.24) is 25.0 Å². The van der Waals surface area contributed by atoms with Crippen molar-refractivity contribution >= 4 is 6.09 Å². The van der Waals surface area contributed by atoms with Gasteiger partial charge in [-0.3, -0.25) is 10.00 Å². The molecule has 1 N–H and O–H groups in total. The molecule has 2 aliphatic rings. The van der Waals surface area contributed by atoms with E-state index in [0.717, 1.165) is 50.5 Å². The van der Waals surface area contributed by atoms with E-state index in [0.29, 0.717) is 6.54 Å². The highest BCUT2D eigenvalue weighted by molar-refractivity contribution is 5.70. The Labute approximate surface area is 118 Å². The summed E-state index contributed by atoms with van der Waals surface area (Å²) in [5.74, 6) is 1.73. The predicted octanol–water partition coefficient (Wildman–Crippen LogP) is 0.784. The Kier molecular flexibility index (Phi) is 3.37. The molecule has 1 atom stereocenters. The molecular weight excluding hydrogens is 258 g/mol. The van der Waals surface area contributed by atoms with Crippen LogP contribution in [-0.2, 0) is 17.7 Å². The Morgan fingerprint density at radius 1 is 1.45 bits per heavy atom. The van der Waals surface area contributed by atoms with Gasteiger partial charge in [0.25, 0.3) is 0 Å². The second kappa shape index (κ2) is 5.05. The number of ether oxygens (including phenoxy) is 1. The van der Waals surface area contributed by atoms with E-state index in [1.807, 2.05) is 6.92 Å². The standard InChI is InChI=1S/C13H21N5O2/c1-3-10-14-11(16-15-10)7-18-6-4-5-13(9-18)8-17(2)12(19)20-13/h3-9H2,1-2H3,(H,14,15,16)/t13-/m0/s1. The SMILES string of the molecule is CCc1n[nH]c(CN2CCC[C@@]3(C2)CN(C)C(=O)O3)n1. The number of aromatic nitrogens is 3. The number of carbonyl (C=O) groups excluding carboxylic acids is 1. The van der Waals surface area contributed by atoms with Crippen LogP contribution in [0.15, 0.2) is 0 Å². The second-order valence-corrected chi connectivity index (χ2v) is 5.77. The maximum absolute atomic E-state index is 11.6. The minimum Gasteiger partial charge on any atom is -0.440 e. The Hall–Kier alpha value is -1.63. The molecule has 1 amide bonds. The monoisotopic (exact) mass is 279 g/mol. The summed E-state index contributed by atoms with van der Waals surface area (Å²) in [5.41, 5.74) is -0.336. The number of hydrogen-bond donors (Lipinski definition) is 1. The maximum Gasteiger partial charge on any atom is 0.410 e. The molecule has 2 aliphatic heterocycles. The van der Waals surface area contributed by atoms with E-state index in [2.05, 4.69) is 20.1 Å². The number of piperidine rings is 1. The van der Waals surface area contributed by atoms with Crippen molar-refractivity contribution in [3.05, 3.63) is 11.6 Å². The van der Waals surface area contributed by atoms with Crippen LogP contribution in [0.25, 0.3) is 0 Å². The fraction of sp³-hybridized carbons (Fsp3) is 0.769. The van der Waals surface area contributed by atoms with Gasteiger partial charge in [-0.15, -0.1) is 0 Å². The summed E-state index contributed by atoms with van der Waals surface area (Å²) >= 11 is 0. The predicted molar refractivity (Wildman–Crippen MR) is 72.1 cm³/mol. The summed E-state index contributed by atoms with van der Waals surface area (Å²) in [7, 11) is 1.79. The van der Waals surface area contributed by atoms with Crippen LogP contribution in [0.4, 0.5) is 4.79 Å². The second-order valence-electron chi connectivity index (χ2n) is 5.77. The van der Waals surface area contributed by atoms with E-state index < -0.39 is 0 Å². The maximum atomic E-state index is 11.6. The number of rotatable bonds is 3. The molecule has 0 aromatic carbocycles. The quantitative estimate of drug-likeness (QED) is 0.885. The molecule has 7 heteroatoms. The number of likely N-dealkylation sites (N-methyl/N-ethyl adjacent to an activating group) is 1. The van der Waals surface area contributed by atoms with Crippen molar-refractivity contribution in [2.24, 2.45) is 0 Å². The first-order valence-electron chi connectivity index (χ1n) is 7.17. The smallest absolute Gasteiger partial charge is 0.410 e. The zero-order valence-corrected chi connectivity index (χ0v) is 12.1. The lowest BCUT2D eigenvalue weighted by Crippen LogP contribution is -2.50. The van der Waals surface area contributed by atoms with Crippen molar-refractivity contribution in [2.45, 2.75) is 38.3 Å². The van der Waals surface area contributed by atoms with Gasteiger partial charge >= 0.3 is 6.09 Å². The highest BCUT2D eigenvalue weighted by atomic mass is 16.6. The molecule has 0 unspecified atom stereocenters. The molecule has 0 aliphatic carbocycles. The van der Waals surface area contributed by atoms with E-state index >= 15 is 0 Å². The van der Waals surface area contributed by atoms with Gasteiger partial charge in [0.1, 0.15) is 17.2 Å². The van der Waals surface area contributed by atoms with E-state index in [1.54, 1.807) is 11.9 Å². The van der Waals surface area contributed by atoms with Crippen LogP contribution < -0.4 is 0 Å². The number of hydrogen-bond acceptors (Lipinski definition) is 5. The minimum atomic E-state index is -0.336. The van der Waals surface area contributed by atoms with Crippen LogP contribution in [0, 0.1) is 0 Å². The molecule has 0 saturated carbocycles. The van der Waals surface area contributed by atoms with Gasteiger partial charge in [-0.2, -0.15) is 5.10 Å². The summed E-state index contributed by atoms with van der Waals surface area (Å²) in [6.07, 6.45) is 2.61. The molecule has 7 nitrogen and oxygen atoms in total. The van der Waals surface area contributed by atoms with Crippen LogP contribution in [0.2, 0.25) is 0 Å². The fourth-order valence-electron chi connectivity index (χ4n) is 3.11. The number of aryl methyl sites for hydroxylation is 1. The van der Waals surface area contributed by atoms with Crippen molar-refractivity contribution in [2.75, 3.05) is 26.7 Å². The van der Waals surface area contributed by atoms with Gasteiger partial charge in [0, 0.05) is 20.0 Å². The third kappa shape index (κ3) is 2.49. The van der Waals surface area contributed by atoms with Crippen molar-refractivity contribution < 1.29 is 9.53 Å². The van der Waals surface area contributed by atoms with Gasteiger partial charge in [-0.1, -0.05) is 6.92 Å². The van der Waals surface area contributed by atoms with E-state index in [4.69, 9.17) is 4.74 Å². The zero-order chi connectivity index (χ0) is 14.2. The fourth-order valence-corrected chi connectivity index (χ4v) is 3.11. The Morgan fingerprint density at radius 3 is 2.95 bits per heavy atom. The van der Waals surface area contributed by atoms with Crippen molar-refractivity contribution in [3.63, 3.8) is 0 Å². The normalized spacial score (nSPS) is 27.3. The molecule has 3 rings (SSSR count). The lowest BCUT2D eigenvalue weighted by atomic mass is 9.93. The van der Waals surface area contributed by atoms with E-state index in [-0.39, 0.29) is 11.7 Å². The van der Waals surface area contributed by atoms with Crippen molar-refractivity contribution in [3.8, 4) is 0 Å². The summed E-state index contributed by atoms with van der Waals surface area (Å²) in [6.45, 7) is 5.22. The van der Waals surface area contributed by atoms with Gasteiger partial charge in [0.15, 0.2) is 0 Å². The minimum absolute atomic E-state index is 0.209. The number of nitrogens with one attached hydrogen (secondary N) is 1. The average molecular weight is 279 g/mol. The van der Waals surface area contributed by atoms with Crippen LogP contribution in [0.1, 0.15) is 31.4 Å². The molecule has 3 heterocycles. The van der Waals surface area contributed by atoms with Gasteiger partial charge in [0.2, 0.25) is 0 Å². The Bertz CT molecular complexity index is 503. The molecule has 1 aromatic heterocycles. The molecule has 0 bridgehead atoms. The molecule has 1 spiro atoms. The number of amides is 1. The molecule has 20 heavy (non-hydrogen) atoms. The van der Waals surface area contributed by atoms with Gasteiger partial charge in [-0.25, -0.2) is 9.78 Å². The number of nitrogens with zero attached hydrogens (tertiary/aromatic N) is 4.